The fourth-order valence-electron chi connectivity index (χ4n) is 3.33. The van der Waals surface area contributed by atoms with Gasteiger partial charge >= 0.3 is 7.60 Å². The minimum absolute atomic E-state index is 0.0842. The average molecular weight is 480 g/mol. The molecule has 7 heteroatoms. The fraction of sp³-hybridized carbons (Fsp3) is 0.0769. The highest BCUT2D eigenvalue weighted by Gasteiger charge is 2.42. The van der Waals surface area contributed by atoms with E-state index in [0.29, 0.717) is 22.1 Å². The molecule has 0 bridgehead atoms. The van der Waals surface area contributed by atoms with Crippen molar-refractivity contribution in [2.45, 2.75) is 12.7 Å². The molecule has 1 atom stereocenters. The smallest absolute Gasteiger partial charge is 0.457 e. The van der Waals surface area contributed by atoms with Gasteiger partial charge in [0.2, 0.25) is 0 Å². The summed E-state index contributed by atoms with van der Waals surface area (Å²) >= 11 is 6.26. The number of rotatable bonds is 8. The van der Waals surface area contributed by atoms with Gasteiger partial charge < -0.3 is 19.5 Å². The Morgan fingerprint density at radius 3 is 1.94 bits per heavy atom. The Bertz CT molecular complexity index is 1220. The molecule has 4 aromatic carbocycles. The molecule has 0 radical (unpaired) electrons. The van der Waals surface area contributed by atoms with Gasteiger partial charge in [-0.25, -0.2) is 4.57 Å². The SMILES string of the molecule is Cc1ccccc1NC(c1cc(Cl)ccc1O)P(=O)(Oc1ccccc1)Oc1ccccc1. The number of hydrogen-bond acceptors (Lipinski definition) is 5. The summed E-state index contributed by atoms with van der Waals surface area (Å²) in [7, 11) is -4.06. The summed E-state index contributed by atoms with van der Waals surface area (Å²) in [4.78, 5) is 0. The highest BCUT2D eigenvalue weighted by atomic mass is 35.5. The van der Waals surface area contributed by atoms with Gasteiger partial charge in [-0.05, 0) is 61.0 Å². The molecule has 1 unspecified atom stereocenters. The van der Waals surface area contributed by atoms with Gasteiger partial charge in [-0.1, -0.05) is 66.2 Å². The number of hydrogen-bond donors (Lipinski definition) is 2. The summed E-state index contributed by atoms with van der Waals surface area (Å²) in [6.45, 7) is 1.93. The molecular weight excluding hydrogens is 457 g/mol. The Kier molecular flexibility index (Phi) is 6.93. The van der Waals surface area contributed by atoms with Crippen molar-refractivity contribution >= 4 is 24.9 Å². The normalized spacial score (nSPS) is 12.1. The van der Waals surface area contributed by atoms with E-state index in [1.807, 2.05) is 43.3 Å². The first-order valence-corrected chi connectivity index (χ1v) is 12.3. The molecule has 0 fully saturated rings. The lowest BCUT2D eigenvalue weighted by atomic mass is 10.1. The maximum absolute atomic E-state index is 14.6. The number of para-hydroxylation sites is 3. The highest BCUT2D eigenvalue weighted by Crippen LogP contribution is 2.61. The quantitative estimate of drug-likeness (QED) is 0.252. The van der Waals surface area contributed by atoms with E-state index in [9.17, 15) is 9.67 Å². The van der Waals surface area contributed by atoms with Crippen molar-refractivity contribution in [3.8, 4) is 17.2 Å². The monoisotopic (exact) mass is 479 g/mol. The third-order valence-corrected chi connectivity index (χ3v) is 7.19. The molecule has 0 aliphatic rings. The predicted octanol–water partition coefficient (Wildman–Crippen LogP) is 7.82. The topological polar surface area (TPSA) is 67.8 Å². The Hall–Kier alpha value is -3.40. The molecule has 4 rings (SSSR count). The van der Waals surface area contributed by atoms with Crippen LogP contribution in [0, 0.1) is 6.92 Å². The summed E-state index contributed by atoms with van der Waals surface area (Å²) in [6.07, 6.45) is 0. The Balaban J connectivity index is 1.87. The lowest BCUT2D eigenvalue weighted by Crippen LogP contribution is -2.19. The van der Waals surface area contributed by atoms with Gasteiger partial charge in [0.15, 0.2) is 5.78 Å². The second-order valence-corrected chi connectivity index (χ2v) is 9.81. The Morgan fingerprint density at radius 1 is 0.818 bits per heavy atom. The second kappa shape index (κ2) is 10.0. The van der Waals surface area contributed by atoms with Crippen LogP contribution in [0.1, 0.15) is 16.9 Å². The van der Waals surface area contributed by atoms with E-state index in [-0.39, 0.29) is 5.75 Å². The largest absolute Gasteiger partial charge is 0.508 e. The van der Waals surface area contributed by atoms with Crippen LogP contribution in [0.25, 0.3) is 0 Å². The van der Waals surface area contributed by atoms with Crippen molar-refractivity contribution in [3.05, 3.63) is 119 Å². The molecule has 33 heavy (non-hydrogen) atoms. The predicted molar refractivity (Wildman–Crippen MR) is 132 cm³/mol. The molecule has 0 saturated heterocycles. The first kappa shape index (κ1) is 22.8. The molecule has 0 aliphatic heterocycles. The number of benzene rings is 4. The number of aryl methyl sites for hydroxylation is 1. The van der Waals surface area contributed by atoms with Gasteiger partial charge in [0, 0.05) is 16.3 Å². The first-order valence-electron chi connectivity index (χ1n) is 10.3. The van der Waals surface area contributed by atoms with Gasteiger partial charge in [-0.15, -0.1) is 0 Å². The average Bonchev–Trinajstić information content (AvgIpc) is 2.81. The van der Waals surface area contributed by atoms with E-state index in [2.05, 4.69) is 5.32 Å². The van der Waals surface area contributed by atoms with Crippen LogP contribution < -0.4 is 14.4 Å². The number of halogens is 1. The minimum Gasteiger partial charge on any atom is -0.508 e. The zero-order chi connectivity index (χ0) is 23.3. The first-order chi connectivity index (χ1) is 15.9. The highest BCUT2D eigenvalue weighted by molar-refractivity contribution is 7.55. The third-order valence-electron chi connectivity index (χ3n) is 4.99. The van der Waals surface area contributed by atoms with Crippen LogP contribution in [0.3, 0.4) is 0 Å². The van der Waals surface area contributed by atoms with Crippen LogP contribution >= 0.6 is 19.2 Å². The van der Waals surface area contributed by atoms with Crippen molar-refractivity contribution in [1.29, 1.82) is 0 Å². The van der Waals surface area contributed by atoms with E-state index in [0.717, 1.165) is 11.3 Å². The molecule has 0 aromatic heterocycles. The fourth-order valence-corrected chi connectivity index (χ4v) is 5.44. The van der Waals surface area contributed by atoms with Crippen molar-refractivity contribution < 1.29 is 18.7 Å². The van der Waals surface area contributed by atoms with E-state index in [1.165, 1.54) is 6.07 Å². The summed E-state index contributed by atoms with van der Waals surface area (Å²) < 4.78 is 26.7. The van der Waals surface area contributed by atoms with Gasteiger partial charge in [-0.2, -0.15) is 0 Å². The summed E-state index contributed by atoms with van der Waals surface area (Å²) in [5.74, 6) is -0.415. The van der Waals surface area contributed by atoms with E-state index < -0.39 is 13.4 Å². The Morgan fingerprint density at radius 2 is 1.36 bits per heavy atom. The maximum Gasteiger partial charge on any atom is 0.457 e. The van der Waals surface area contributed by atoms with Crippen LogP contribution in [-0.4, -0.2) is 5.11 Å². The molecule has 0 aliphatic carbocycles. The number of anilines is 1. The zero-order valence-electron chi connectivity index (χ0n) is 17.9. The summed E-state index contributed by atoms with van der Waals surface area (Å²) in [6, 6.07) is 29.7. The number of phenolic OH excluding ortho intramolecular Hbond substituents is 1. The van der Waals surface area contributed by atoms with Gasteiger partial charge in [0.25, 0.3) is 0 Å². The van der Waals surface area contributed by atoms with Crippen LogP contribution in [-0.2, 0) is 4.57 Å². The lowest BCUT2D eigenvalue weighted by molar-refractivity contribution is 0.374. The standard InChI is InChI=1S/C26H23ClNO4P/c1-19-10-8-9-15-24(19)28-26(23-18-20(27)16-17-25(23)29)33(30,31-21-11-4-2-5-12-21)32-22-13-6-3-7-14-22/h2-18,26,28-29H,1H3. The summed E-state index contributed by atoms with van der Waals surface area (Å²) in [5.41, 5.74) is 1.94. The Labute approximate surface area is 198 Å². The minimum atomic E-state index is -4.06. The van der Waals surface area contributed by atoms with E-state index >= 15 is 0 Å². The molecule has 0 heterocycles. The van der Waals surface area contributed by atoms with Crippen molar-refractivity contribution in [3.63, 3.8) is 0 Å². The molecule has 0 spiro atoms. The second-order valence-electron chi connectivity index (χ2n) is 7.41. The van der Waals surface area contributed by atoms with Crippen molar-refractivity contribution in [2.75, 3.05) is 5.32 Å². The molecule has 0 amide bonds. The summed E-state index contributed by atoms with van der Waals surface area (Å²) in [5, 5.41) is 14.4. The molecule has 2 N–H and O–H groups in total. The molecular formula is C26H23ClNO4P. The number of nitrogens with one attached hydrogen (secondary N) is 1. The van der Waals surface area contributed by atoms with Crippen LogP contribution in [0.5, 0.6) is 17.2 Å². The molecule has 4 aromatic rings. The zero-order valence-corrected chi connectivity index (χ0v) is 19.5. The van der Waals surface area contributed by atoms with Gasteiger partial charge in [0.1, 0.15) is 17.2 Å². The van der Waals surface area contributed by atoms with Crippen LogP contribution in [0.15, 0.2) is 103 Å². The molecule has 5 nitrogen and oxygen atoms in total. The van der Waals surface area contributed by atoms with E-state index in [4.69, 9.17) is 20.6 Å². The molecule has 168 valence electrons. The number of aromatic hydroxyl groups is 1. The van der Waals surface area contributed by atoms with Gasteiger partial charge in [0.05, 0.1) is 0 Å². The van der Waals surface area contributed by atoms with Crippen molar-refractivity contribution in [2.24, 2.45) is 0 Å². The van der Waals surface area contributed by atoms with Gasteiger partial charge in [-0.3, -0.25) is 0 Å². The van der Waals surface area contributed by atoms with E-state index in [1.54, 1.807) is 60.7 Å². The lowest BCUT2D eigenvalue weighted by Gasteiger charge is -2.30. The van der Waals surface area contributed by atoms with Crippen LogP contribution in [0.2, 0.25) is 5.02 Å². The van der Waals surface area contributed by atoms with Crippen molar-refractivity contribution in [1.82, 2.24) is 0 Å². The number of phenols is 1. The van der Waals surface area contributed by atoms with Crippen LogP contribution in [0.4, 0.5) is 5.69 Å². The third kappa shape index (κ3) is 5.51. The molecule has 0 saturated carbocycles. The maximum atomic E-state index is 14.6.